The number of ether oxygens (including phenoxy) is 3. The van der Waals surface area contributed by atoms with Crippen molar-refractivity contribution in [2.45, 2.75) is 70.6 Å². The molecular weight excluding hydrogens is 288 g/mol. The maximum Gasteiger partial charge on any atom is 0.337 e. The minimum Gasteiger partial charge on any atom is -0.467 e. The van der Waals surface area contributed by atoms with E-state index in [0.717, 1.165) is 19.3 Å². The fourth-order valence-corrected chi connectivity index (χ4v) is 2.80. The van der Waals surface area contributed by atoms with Crippen molar-refractivity contribution in [3.63, 3.8) is 0 Å². The second kappa shape index (κ2) is 7.72. The van der Waals surface area contributed by atoms with E-state index in [1.807, 2.05) is 0 Å². The Kier molecular flexibility index (Phi) is 6.84. The zero-order valence-electron chi connectivity index (χ0n) is 14.2. The first kappa shape index (κ1) is 18.6. The molecule has 124 valence electrons. The SMILES string of the molecule is COC(=O)[C@H](CO[Si](C)(C)C(C)(C)C)O[C@@H]1CCCCO1. The van der Waals surface area contributed by atoms with Gasteiger partial charge in [0, 0.05) is 6.61 Å². The van der Waals surface area contributed by atoms with Crippen LogP contribution in [-0.2, 0) is 23.4 Å². The first-order valence-corrected chi connectivity index (χ1v) is 10.6. The Morgan fingerprint density at radius 3 is 2.48 bits per heavy atom. The van der Waals surface area contributed by atoms with Gasteiger partial charge >= 0.3 is 5.97 Å². The van der Waals surface area contributed by atoms with Crippen LogP contribution in [-0.4, -0.2) is 47.0 Å². The number of carbonyl (C=O) groups excluding carboxylic acids is 1. The number of methoxy groups -OCH3 is 1. The summed E-state index contributed by atoms with van der Waals surface area (Å²) in [5.41, 5.74) is 0. The lowest BCUT2D eigenvalue weighted by molar-refractivity contribution is -0.206. The Morgan fingerprint density at radius 2 is 2.00 bits per heavy atom. The van der Waals surface area contributed by atoms with Gasteiger partial charge in [0.15, 0.2) is 20.7 Å². The van der Waals surface area contributed by atoms with E-state index < -0.39 is 20.4 Å². The van der Waals surface area contributed by atoms with Crippen molar-refractivity contribution >= 4 is 14.3 Å². The molecule has 0 unspecified atom stereocenters. The molecule has 1 fully saturated rings. The van der Waals surface area contributed by atoms with E-state index in [2.05, 4.69) is 33.9 Å². The summed E-state index contributed by atoms with van der Waals surface area (Å²) < 4.78 is 22.2. The molecule has 1 saturated heterocycles. The van der Waals surface area contributed by atoms with Crippen LogP contribution in [0.25, 0.3) is 0 Å². The van der Waals surface area contributed by atoms with Crippen molar-refractivity contribution in [2.75, 3.05) is 20.3 Å². The van der Waals surface area contributed by atoms with E-state index in [1.54, 1.807) is 0 Å². The highest BCUT2D eigenvalue weighted by molar-refractivity contribution is 6.74. The van der Waals surface area contributed by atoms with Crippen LogP contribution >= 0.6 is 0 Å². The third-order valence-corrected chi connectivity index (χ3v) is 8.82. The van der Waals surface area contributed by atoms with E-state index in [4.69, 9.17) is 18.6 Å². The Morgan fingerprint density at radius 1 is 1.33 bits per heavy atom. The maximum absolute atomic E-state index is 11.9. The van der Waals surface area contributed by atoms with Crippen LogP contribution in [0.3, 0.4) is 0 Å². The van der Waals surface area contributed by atoms with Crippen LogP contribution in [0.5, 0.6) is 0 Å². The highest BCUT2D eigenvalue weighted by Crippen LogP contribution is 2.36. The van der Waals surface area contributed by atoms with Crippen LogP contribution < -0.4 is 0 Å². The Balaban J connectivity index is 2.59. The zero-order chi connectivity index (χ0) is 16.1. The molecule has 0 aromatic rings. The van der Waals surface area contributed by atoms with Gasteiger partial charge in [-0.15, -0.1) is 0 Å². The third-order valence-electron chi connectivity index (χ3n) is 4.32. The molecule has 0 aliphatic carbocycles. The summed E-state index contributed by atoms with van der Waals surface area (Å²) >= 11 is 0. The summed E-state index contributed by atoms with van der Waals surface area (Å²) in [5.74, 6) is -0.400. The molecule has 0 amide bonds. The molecule has 0 radical (unpaired) electrons. The highest BCUT2D eigenvalue weighted by Gasteiger charge is 2.39. The Labute approximate surface area is 129 Å². The van der Waals surface area contributed by atoms with Gasteiger partial charge in [0.25, 0.3) is 0 Å². The normalized spacial score (nSPS) is 21.9. The smallest absolute Gasteiger partial charge is 0.337 e. The summed E-state index contributed by atoms with van der Waals surface area (Å²) in [6.45, 7) is 11.7. The highest BCUT2D eigenvalue weighted by atomic mass is 28.4. The summed E-state index contributed by atoms with van der Waals surface area (Å²) in [4.78, 5) is 11.9. The summed E-state index contributed by atoms with van der Waals surface area (Å²) in [5, 5.41) is 0.0923. The van der Waals surface area contributed by atoms with E-state index in [0.29, 0.717) is 6.61 Å². The summed E-state index contributed by atoms with van der Waals surface area (Å²) in [6, 6.07) is 0. The van der Waals surface area contributed by atoms with Crippen LogP contribution in [0.1, 0.15) is 40.0 Å². The fourth-order valence-electron chi connectivity index (χ4n) is 1.80. The lowest BCUT2D eigenvalue weighted by atomic mass is 10.2. The Hall–Kier alpha value is -0.433. The monoisotopic (exact) mass is 318 g/mol. The maximum atomic E-state index is 11.9. The van der Waals surface area contributed by atoms with Gasteiger partial charge in [0.05, 0.1) is 13.7 Å². The molecule has 0 aromatic heterocycles. The van der Waals surface area contributed by atoms with Gasteiger partial charge in [-0.2, -0.15) is 0 Å². The van der Waals surface area contributed by atoms with Gasteiger partial charge < -0.3 is 18.6 Å². The van der Waals surface area contributed by atoms with Crippen LogP contribution in [0.4, 0.5) is 0 Å². The van der Waals surface area contributed by atoms with Crippen LogP contribution in [0.2, 0.25) is 18.1 Å². The van der Waals surface area contributed by atoms with E-state index in [1.165, 1.54) is 7.11 Å². The molecule has 1 heterocycles. The molecule has 1 rings (SSSR count). The molecule has 0 spiro atoms. The van der Waals surface area contributed by atoms with Crippen LogP contribution in [0, 0.1) is 0 Å². The van der Waals surface area contributed by atoms with Crippen molar-refractivity contribution in [2.24, 2.45) is 0 Å². The van der Waals surface area contributed by atoms with Gasteiger partial charge in [0.2, 0.25) is 0 Å². The Bertz CT molecular complexity index is 331. The zero-order valence-corrected chi connectivity index (χ0v) is 15.2. The summed E-state index contributed by atoms with van der Waals surface area (Å²) in [6.07, 6.45) is 1.87. The molecular formula is C15H30O5Si. The molecule has 1 aliphatic heterocycles. The van der Waals surface area contributed by atoms with E-state index in [-0.39, 0.29) is 17.9 Å². The van der Waals surface area contributed by atoms with Crippen molar-refractivity contribution in [1.82, 2.24) is 0 Å². The van der Waals surface area contributed by atoms with Gasteiger partial charge in [-0.3, -0.25) is 0 Å². The van der Waals surface area contributed by atoms with Crippen LogP contribution in [0.15, 0.2) is 0 Å². The minimum atomic E-state index is -1.92. The first-order valence-electron chi connectivity index (χ1n) is 7.66. The van der Waals surface area contributed by atoms with Gasteiger partial charge in [-0.1, -0.05) is 20.8 Å². The quantitative estimate of drug-likeness (QED) is 0.556. The van der Waals surface area contributed by atoms with E-state index >= 15 is 0 Å². The first-order chi connectivity index (χ1) is 9.67. The third kappa shape index (κ3) is 5.69. The standard InChI is InChI=1S/C15H30O5Si/c1-15(2,3)21(5,6)19-11-12(14(16)17-4)20-13-9-7-8-10-18-13/h12-13H,7-11H2,1-6H3/t12-,13+/m0/s1. The molecule has 6 heteroatoms. The average molecular weight is 318 g/mol. The molecule has 0 bridgehead atoms. The summed E-state index contributed by atoms with van der Waals surface area (Å²) in [7, 11) is -0.553. The van der Waals surface area contributed by atoms with Crippen molar-refractivity contribution in [1.29, 1.82) is 0 Å². The minimum absolute atomic E-state index is 0.0923. The molecule has 0 aromatic carbocycles. The largest absolute Gasteiger partial charge is 0.467 e. The van der Waals surface area contributed by atoms with E-state index in [9.17, 15) is 4.79 Å². The number of rotatable bonds is 6. The predicted molar refractivity (Wildman–Crippen MR) is 83.6 cm³/mol. The molecule has 5 nitrogen and oxygen atoms in total. The lowest BCUT2D eigenvalue weighted by Crippen LogP contribution is -2.45. The average Bonchev–Trinajstić information content (AvgIpc) is 2.42. The molecule has 2 atom stereocenters. The molecule has 0 N–H and O–H groups in total. The van der Waals surface area contributed by atoms with Crippen molar-refractivity contribution in [3.8, 4) is 0 Å². The molecule has 21 heavy (non-hydrogen) atoms. The topological polar surface area (TPSA) is 54.0 Å². The number of hydrogen-bond donors (Lipinski definition) is 0. The fraction of sp³-hybridized carbons (Fsp3) is 0.933. The van der Waals surface area contributed by atoms with Gasteiger partial charge in [0.1, 0.15) is 0 Å². The van der Waals surface area contributed by atoms with Gasteiger partial charge in [-0.05, 0) is 37.4 Å². The second-order valence-corrected chi connectivity index (χ2v) is 11.8. The van der Waals surface area contributed by atoms with Crippen molar-refractivity contribution < 1.29 is 23.4 Å². The number of carbonyl (C=O) groups is 1. The van der Waals surface area contributed by atoms with Crippen molar-refractivity contribution in [3.05, 3.63) is 0 Å². The second-order valence-electron chi connectivity index (χ2n) is 7.02. The predicted octanol–water partition coefficient (Wildman–Crippen LogP) is 3.09. The molecule has 1 aliphatic rings. The number of hydrogen-bond acceptors (Lipinski definition) is 5. The number of esters is 1. The molecule has 0 saturated carbocycles. The lowest BCUT2D eigenvalue weighted by Gasteiger charge is -2.37. The van der Waals surface area contributed by atoms with Gasteiger partial charge in [-0.25, -0.2) is 4.79 Å².